The minimum Gasteiger partial charge on any atom is -0.469 e. The zero-order valence-electron chi connectivity index (χ0n) is 11.9. The highest BCUT2D eigenvalue weighted by Gasteiger charge is 2.20. The van der Waals surface area contributed by atoms with Crippen molar-refractivity contribution in [3.63, 3.8) is 0 Å². The van der Waals surface area contributed by atoms with Crippen LogP contribution in [-0.2, 0) is 16.1 Å². The Kier molecular flexibility index (Phi) is 5.78. The second-order valence-electron chi connectivity index (χ2n) is 4.74. The van der Waals surface area contributed by atoms with Gasteiger partial charge in [-0.2, -0.15) is 0 Å². The summed E-state index contributed by atoms with van der Waals surface area (Å²) in [6, 6.07) is 17.3. The number of methoxy groups -OCH3 is 1. The standard InChI is InChI=1S/C17H18ClNO2/c1-21-17(20)16(14-7-9-15(18)10-8-14)12-19-11-13-5-3-2-4-6-13/h2-10,16,19H,11-12H2,1H3/t16-/m1/s1. The van der Waals surface area contributed by atoms with Crippen molar-refractivity contribution >= 4 is 17.6 Å². The van der Waals surface area contributed by atoms with Crippen molar-refractivity contribution in [2.24, 2.45) is 0 Å². The highest BCUT2D eigenvalue weighted by molar-refractivity contribution is 6.30. The maximum absolute atomic E-state index is 11.9. The van der Waals surface area contributed by atoms with E-state index in [9.17, 15) is 4.79 Å². The lowest BCUT2D eigenvalue weighted by Crippen LogP contribution is -2.27. The molecule has 2 rings (SSSR count). The van der Waals surface area contributed by atoms with E-state index in [4.69, 9.17) is 16.3 Å². The van der Waals surface area contributed by atoms with Gasteiger partial charge in [0.1, 0.15) is 0 Å². The minimum absolute atomic E-state index is 0.252. The number of ether oxygens (including phenoxy) is 1. The third-order valence-electron chi connectivity index (χ3n) is 3.28. The highest BCUT2D eigenvalue weighted by Crippen LogP contribution is 2.19. The SMILES string of the molecule is COC(=O)[C@H](CNCc1ccccc1)c1ccc(Cl)cc1. The van der Waals surface area contributed by atoms with Gasteiger partial charge in [0.25, 0.3) is 0 Å². The summed E-state index contributed by atoms with van der Waals surface area (Å²) < 4.78 is 4.89. The summed E-state index contributed by atoms with van der Waals surface area (Å²) in [7, 11) is 1.41. The lowest BCUT2D eigenvalue weighted by Gasteiger charge is -2.16. The number of halogens is 1. The van der Waals surface area contributed by atoms with Crippen LogP contribution < -0.4 is 5.32 Å². The van der Waals surface area contributed by atoms with Crippen LogP contribution in [0.1, 0.15) is 17.0 Å². The Morgan fingerprint density at radius 3 is 2.43 bits per heavy atom. The fourth-order valence-electron chi connectivity index (χ4n) is 2.13. The average molecular weight is 304 g/mol. The van der Waals surface area contributed by atoms with Crippen molar-refractivity contribution in [2.45, 2.75) is 12.5 Å². The molecule has 110 valence electrons. The van der Waals surface area contributed by atoms with Crippen molar-refractivity contribution in [1.29, 1.82) is 0 Å². The van der Waals surface area contributed by atoms with Crippen LogP contribution in [-0.4, -0.2) is 19.6 Å². The first-order valence-electron chi connectivity index (χ1n) is 6.78. The van der Waals surface area contributed by atoms with Crippen LogP contribution in [0.25, 0.3) is 0 Å². The largest absolute Gasteiger partial charge is 0.469 e. The normalized spacial score (nSPS) is 11.9. The van der Waals surface area contributed by atoms with Gasteiger partial charge < -0.3 is 10.1 Å². The Morgan fingerprint density at radius 2 is 1.81 bits per heavy atom. The molecule has 2 aromatic carbocycles. The molecule has 0 amide bonds. The van der Waals surface area contributed by atoms with E-state index in [1.165, 1.54) is 12.7 Å². The van der Waals surface area contributed by atoms with Crippen LogP contribution in [0, 0.1) is 0 Å². The smallest absolute Gasteiger partial charge is 0.314 e. The molecule has 0 unspecified atom stereocenters. The molecule has 0 heterocycles. The van der Waals surface area contributed by atoms with Crippen LogP contribution in [0.15, 0.2) is 54.6 Å². The van der Waals surface area contributed by atoms with Gasteiger partial charge in [0.2, 0.25) is 0 Å². The van der Waals surface area contributed by atoms with E-state index in [0.29, 0.717) is 18.1 Å². The number of carbonyl (C=O) groups excluding carboxylic acids is 1. The van der Waals surface area contributed by atoms with Gasteiger partial charge in [0.05, 0.1) is 13.0 Å². The number of carbonyl (C=O) groups is 1. The summed E-state index contributed by atoms with van der Waals surface area (Å²) in [5.74, 6) is -0.589. The first-order valence-corrected chi connectivity index (χ1v) is 7.16. The quantitative estimate of drug-likeness (QED) is 0.831. The van der Waals surface area contributed by atoms with Gasteiger partial charge in [-0.3, -0.25) is 4.79 Å². The molecule has 0 bridgehead atoms. The predicted octanol–water partition coefficient (Wildman–Crippen LogP) is 3.39. The Labute approximate surface area is 129 Å². The molecule has 1 atom stereocenters. The Bertz CT molecular complexity index is 569. The summed E-state index contributed by atoms with van der Waals surface area (Å²) in [5.41, 5.74) is 2.07. The predicted molar refractivity (Wildman–Crippen MR) is 84.4 cm³/mol. The zero-order valence-corrected chi connectivity index (χ0v) is 12.6. The number of nitrogens with one attached hydrogen (secondary N) is 1. The number of hydrogen-bond donors (Lipinski definition) is 1. The van der Waals surface area contributed by atoms with Crippen molar-refractivity contribution < 1.29 is 9.53 Å². The monoisotopic (exact) mass is 303 g/mol. The molecule has 0 fully saturated rings. The highest BCUT2D eigenvalue weighted by atomic mass is 35.5. The van der Waals surface area contributed by atoms with Crippen molar-refractivity contribution in [3.05, 3.63) is 70.7 Å². The third-order valence-corrected chi connectivity index (χ3v) is 3.53. The van der Waals surface area contributed by atoms with Gasteiger partial charge in [-0.15, -0.1) is 0 Å². The zero-order chi connectivity index (χ0) is 15.1. The molecule has 0 aliphatic rings. The maximum atomic E-state index is 11.9. The van der Waals surface area contributed by atoms with Crippen LogP contribution in [0.3, 0.4) is 0 Å². The van der Waals surface area contributed by atoms with Crippen LogP contribution in [0.2, 0.25) is 5.02 Å². The van der Waals surface area contributed by atoms with Gasteiger partial charge in [-0.25, -0.2) is 0 Å². The maximum Gasteiger partial charge on any atom is 0.314 e. The van der Waals surface area contributed by atoms with Gasteiger partial charge in [0.15, 0.2) is 0 Å². The molecule has 3 nitrogen and oxygen atoms in total. The van der Waals surface area contributed by atoms with E-state index in [1.54, 1.807) is 12.1 Å². The second kappa shape index (κ2) is 7.81. The molecule has 0 aliphatic heterocycles. The number of benzene rings is 2. The second-order valence-corrected chi connectivity index (χ2v) is 5.18. The fourth-order valence-corrected chi connectivity index (χ4v) is 2.26. The summed E-state index contributed by atoms with van der Waals surface area (Å²) in [6.07, 6.45) is 0. The van der Waals surface area contributed by atoms with E-state index in [1.807, 2.05) is 42.5 Å². The molecular formula is C17H18ClNO2. The lowest BCUT2D eigenvalue weighted by molar-refractivity contribution is -0.142. The summed E-state index contributed by atoms with van der Waals surface area (Å²) >= 11 is 5.88. The molecule has 0 saturated carbocycles. The molecule has 0 aliphatic carbocycles. The molecule has 4 heteroatoms. The molecule has 0 spiro atoms. The molecule has 2 aromatic rings. The van der Waals surface area contributed by atoms with Crippen LogP contribution in [0.4, 0.5) is 0 Å². The van der Waals surface area contributed by atoms with E-state index >= 15 is 0 Å². The Balaban J connectivity index is 2.00. The van der Waals surface area contributed by atoms with E-state index < -0.39 is 0 Å². The molecular weight excluding hydrogens is 286 g/mol. The minimum atomic E-state index is -0.337. The third kappa shape index (κ3) is 4.59. The summed E-state index contributed by atoms with van der Waals surface area (Å²) in [6.45, 7) is 1.23. The average Bonchev–Trinajstić information content (AvgIpc) is 2.53. The van der Waals surface area contributed by atoms with Gasteiger partial charge >= 0.3 is 5.97 Å². The molecule has 21 heavy (non-hydrogen) atoms. The van der Waals surface area contributed by atoms with E-state index in [2.05, 4.69) is 5.32 Å². The summed E-state index contributed by atoms with van der Waals surface area (Å²) in [4.78, 5) is 11.9. The number of hydrogen-bond acceptors (Lipinski definition) is 3. The van der Waals surface area contributed by atoms with Crippen LogP contribution >= 0.6 is 11.6 Å². The number of esters is 1. The first kappa shape index (κ1) is 15.5. The first-order chi connectivity index (χ1) is 10.2. The topological polar surface area (TPSA) is 38.3 Å². The van der Waals surface area contributed by atoms with Gasteiger partial charge in [-0.1, -0.05) is 54.1 Å². The van der Waals surface area contributed by atoms with Gasteiger partial charge in [0, 0.05) is 18.1 Å². The number of rotatable bonds is 6. The van der Waals surface area contributed by atoms with E-state index in [-0.39, 0.29) is 11.9 Å². The van der Waals surface area contributed by atoms with Crippen molar-refractivity contribution in [3.8, 4) is 0 Å². The van der Waals surface area contributed by atoms with Crippen molar-refractivity contribution in [2.75, 3.05) is 13.7 Å². The molecule has 1 N–H and O–H groups in total. The molecule has 0 saturated heterocycles. The Morgan fingerprint density at radius 1 is 1.14 bits per heavy atom. The molecule has 0 radical (unpaired) electrons. The lowest BCUT2D eigenvalue weighted by atomic mass is 9.99. The van der Waals surface area contributed by atoms with Gasteiger partial charge in [-0.05, 0) is 23.3 Å². The van der Waals surface area contributed by atoms with Crippen LogP contribution in [0.5, 0.6) is 0 Å². The Hall–Kier alpha value is -1.84. The fraction of sp³-hybridized carbons (Fsp3) is 0.235. The van der Waals surface area contributed by atoms with Crippen molar-refractivity contribution in [1.82, 2.24) is 5.32 Å². The summed E-state index contributed by atoms with van der Waals surface area (Å²) in [5, 5.41) is 3.95. The molecule has 0 aromatic heterocycles. The van der Waals surface area contributed by atoms with E-state index in [0.717, 1.165) is 5.56 Å².